The maximum absolute atomic E-state index is 12.9. The van der Waals surface area contributed by atoms with Crippen molar-refractivity contribution >= 4 is 45.8 Å². The first-order valence-electron chi connectivity index (χ1n) is 10.2. The summed E-state index contributed by atoms with van der Waals surface area (Å²) in [5.74, 6) is 1.65. The van der Waals surface area contributed by atoms with Gasteiger partial charge in [-0.15, -0.1) is 11.3 Å². The van der Waals surface area contributed by atoms with Crippen LogP contribution < -0.4 is 10.3 Å². The third kappa shape index (κ3) is 4.33. The minimum Gasteiger partial charge on any atom is -0.490 e. The van der Waals surface area contributed by atoms with Crippen LogP contribution in [0.5, 0.6) is 5.75 Å². The van der Waals surface area contributed by atoms with E-state index in [-0.39, 0.29) is 25.2 Å². The molecule has 1 aliphatic heterocycles. The van der Waals surface area contributed by atoms with Crippen molar-refractivity contribution in [2.24, 2.45) is 5.92 Å². The lowest BCUT2D eigenvalue weighted by Gasteiger charge is -2.28. The van der Waals surface area contributed by atoms with E-state index in [1.165, 1.54) is 0 Å². The Hall–Kier alpha value is -2.42. The third-order valence-corrected chi connectivity index (χ3v) is 6.68. The molecule has 0 radical (unpaired) electrons. The number of pyridine rings is 1. The molecular weight excluding hydrogens is 430 g/mol. The Morgan fingerprint density at radius 1 is 1.26 bits per heavy atom. The maximum Gasteiger partial charge on any atom is 0.259 e. The number of nitrogens with one attached hydrogen (secondary N) is 1. The van der Waals surface area contributed by atoms with E-state index in [9.17, 15) is 4.79 Å². The second-order valence-electron chi connectivity index (χ2n) is 7.85. The molecule has 5 rings (SSSR count). The number of ether oxygens (including phenoxy) is 2. The molecule has 6 nitrogen and oxygen atoms in total. The van der Waals surface area contributed by atoms with E-state index in [2.05, 4.69) is 16.9 Å². The average Bonchev–Trinajstić information content (AvgIpc) is 3.23. The average molecular weight is 456 g/mol. The number of hydrogen-bond acceptors (Lipinski definition) is 6. The standard InChI is InChI=1S/C23H23N3O3S.H2S/c1-13-9-17(29-14(2)15-3-6-28-7-4-15)11-18-21(13)25-22(26-23(18)27)19-10-16-5-8-30-20(16)12-24-19;/h5,8-12,14-15H,3-4,6-7H2,1-2H3,(H,25,26,27);1H2/t14-;/m0./s1. The van der Waals surface area contributed by atoms with E-state index in [1.54, 1.807) is 17.4 Å². The number of thiophene rings is 1. The van der Waals surface area contributed by atoms with Crippen LogP contribution in [0.4, 0.5) is 0 Å². The lowest BCUT2D eigenvalue weighted by Crippen LogP contribution is -2.29. The summed E-state index contributed by atoms with van der Waals surface area (Å²) < 4.78 is 12.8. The number of H-pyrrole nitrogens is 1. The lowest BCUT2D eigenvalue weighted by atomic mass is 9.95. The predicted molar refractivity (Wildman–Crippen MR) is 130 cm³/mol. The maximum atomic E-state index is 12.9. The second-order valence-corrected chi connectivity index (χ2v) is 8.80. The van der Waals surface area contributed by atoms with Crippen molar-refractivity contribution in [2.75, 3.05) is 13.2 Å². The highest BCUT2D eigenvalue weighted by molar-refractivity contribution is 7.59. The molecule has 0 amide bonds. The number of aromatic amines is 1. The lowest BCUT2D eigenvalue weighted by molar-refractivity contribution is 0.0239. The SMILES string of the molecule is Cc1cc(O[C@@H](C)C2CCOCC2)cc2c(=O)[nH]c(-c3cc4ccsc4cn3)nc12.S. The van der Waals surface area contributed by atoms with Gasteiger partial charge in [-0.25, -0.2) is 4.98 Å². The van der Waals surface area contributed by atoms with Crippen LogP contribution in [0.15, 0.2) is 40.6 Å². The van der Waals surface area contributed by atoms with Crippen LogP contribution in [0.3, 0.4) is 0 Å². The molecule has 4 heterocycles. The van der Waals surface area contributed by atoms with Gasteiger partial charge in [0.05, 0.1) is 21.7 Å². The van der Waals surface area contributed by atoms with Crippen molar-refractivity contribution in [1.29, 1.82) is 0 Å². The Morgan fingerprint density at radius 2 is 2.06 bits per heavy atom. The Labute approximate surface area is 191 Å². The van der Waals surface area contributed by atoms with Gasteiger partial charge in [0, 0.05) is 19.4 Å². The molecule has 0 unspecified atom stereocenters. The summed E-state index contributed by atoms with van der Waals surface area (Å²) in [6, 6.07) is 7.75. The normalized spacial score (nSPS) is 15.7. The summed E-state index contributed by atoms with van der Waals surface area (Å²) >= 11 is 1.64. The van der Waals surface area contributed by atoms with Crippen LogP contribution in [0, 0.1) is 12.8 Å². The van der Waals surface area contributed by atoms with Gasteiger partial charge >= 0.3 is 0 Å². The summed E-state index contributed by atoms with van der Waals surface area (Å²) in [4.78, 5) is 25.0. The van der Waals surface area contributed by atoms with Gasteiger partial charge in [0.2, 0.25) is 0 Å². The van der Waals surface area contributed by atoms with Gasteiger partial charge in [0.1, 0.15) is 11.4 Å². The fourth-order valence-corrected chi connectivity index (χ4v) is 4.80. The molecule has 0 bridgehead atoms. The number of aromatic nitrogens is 3. The van der Waals surface area contributed by atoms with Crippen LogP contribution in [0.25, 0.3) is 32.5 Å². The molecule has 0 spiro atoms. The fourth-order valence-electron chi connectivity index (χ4n) is 4.07. The predicted octanol–water partition coefficient (Wildman–Crippen LogP) is 4.81. The second kappa shape index (κ2) is 8.98. The number of nitrogens with zero attached hydrogens (tertiary/aromatic N) is 2. The molecule has 1 saturated heterocycles. The third-order valence-electron chi connectivity index (χ3n) is 5.81. The van der Waals surface area contributed by atoms with Gasteiger partial charge in [0.15, 0.2) is 5.82 Å². The highest BCUT2D eigenvalue weighted by atomic mass is 32.1. The largest absolute Gasteiger partial charge is 0.490 e. The topological polar surface area (TPSA) is 77.1 Å². The number of benzene rings is 1. The van der Waals surface area contributed by atoms with Crippen molar-refractivity contribution in [1.82, 2.24) is 15.0 Å². The Kier molecular flexibility index (Phi) is 6.31. The quantitative estimate of drug-likeness (QED) is 0.478. The van der Waals surface area contributed by atoms with E-state index >= 15 is 0 Å². The van der Waals surface area contributed by atoms with Gasteiger partial charge < -0.3 is 14.5 Å². The van der Waals surface area contributed by atoms with Gasteiger partial charge in [-0.1, -0.05) is 0 Å². The molecule has 0 aliphatic carbocycles. The van der Waals surface area contributed by atoms with Crippen molar-refractivity contribution in [3.63, 3.8) is 0 Å². The molecule has 8 heteroatoms. The van der Waals surface area contributed by atoms with E-state index in [4.69, 9.17) is 14.5 Å². The fraction of sp³-hybridized carbons (Fsp3) is 0.348. The molecular formula is C23H25N3O3S2. The van der Waals surface area contributed by atoms with E-state index in [0.29, 0.717) is 34.1 Å². The number of hydrogen-bond donors (Lipinski definition) is 1. The molecule has 3 aromatic heterocycles. The van der Waals surface area contributed by atoms with Crippen LogP contribution in [-0.2, 0) is 4.74 Å². The molecule has 0 saturated carbocycles. The number of aryl methyl sites for hydroxylation is 1. The first kappa shape index (κ1) is 21.8. The van der Waals surface area contributed by atoms with E-state index in [0.717, 1.165) is 41.7 Å². The van der Waals surface area contributed by atoms with Crippen molar-refractivity contribution in [2.45, 2.75) is 32.8 Å². The molecule has 1 N–H and O–H groups in total. The van der Waals surface area contributed by atoms with Gasteiger partial charge in [-0.3, -0.25) is 9.78 Å². The monoisotopic (exact) mass is 455 g/mol. The molecule has 1 fully saturated rings. The van der Waals surface area contributed by atoms with E-state index < -0.39 is 0 Å². The van der Waals surface area contributed by atoms with Crippen molar-refractivity contribution in [3.05, 3.63) is 51.8 Å². The van der Waals surface area contributed by atoms with E-state index in [1.807, 2.05) is 36.7 Å². The highest BCUT2D eigenvalue weighted by Crippen LogP contribution is 2.28. The zero-order valence-corrected chi connectivity index (χ0v) is 19.3. The Balaban J connectivity index is 0.00000231. The molecule has 31 heavy (non-hydrogen) atoms. The zero-order chi connectivity index (χ0) is 20.7. The molecule has 4 aromatic rings. The summed E-state index contributed by atoms with van der Waals surface area (Å²) in [7, 11) is 0. The number of fused-ring (bicyclic) bond motifs is 2. The number of rotatable bonds is 4. The minimum absolute atomic E-state index is 0. The van der Waals surface area contributed by atoms with Gasteiger partial charge in [-0.2, -0.15) is 13.5 Å². The molecule has 1 aromatic carbocycles. The smallest absolute Gasteiger partial charge is 0.259 e. The van der Waals surface area contributed by atoms with Gasteiger partial charge in [0.25, 0.3) is 5.56 Å². The van der Waals surface area contributed by atoms with Crippen LogP contribution in [0.1, 0.15) is 25.3 Å². The van der Waals surface area contributed by atoms with Crippen molar-refractivity contribution in [3.8, 4) is 17.3 Å². The molecule has 1 aliphatic rings. The highest BCUT2D eigenvalue weighted by Gasteiger charge is 2.22. The summed E-state index contributed by atoms with van der Waals surface area (Å²) in [6.07, 6.45) is 3.89. The Bertz CT molecular complexity index is 1280. The summed E-state index contributed by atoms with van der Waals surface area (Å²) in [6.45, 7) is 5.62. The van der Waals surface area contributed by atoms with Crippen LogP contribution in [0.2, 0.25) is 0 Å². The van der Waals surface area contributed by atoms with Crippen LogP contribution in [-0.4, -0.2) is 34.3 Å². The molecule has 162 valence electrons. The van der Waals surface area contributed by atoms with Crippen molar-refractivity contribution < 1.29 is 9.47 Å². The minimum atomic E-state index is -0.186. The molecule has 1 atom stereocenters. The van der Waals surface area contributed by atoms with Crippen LogP contribution >= 0.6 is 24.8 Å². The zero-order valence-electron chi connectivity index (χ0n) is 17.5. The summed E-state index contributed by atoms with van der Waals surface area (Å²) in [5, 5.41) is 3.65. The Morgan fingerprint density at radius 3 is 2.87 bits per heavy atom. The first-order valence-corrected chi connectivity index (χ1v) is 11.1. The first-order chi connectivity index (χ1) is 14.6. The van der Waals surface area contributed by atoms with Gasteiger partial charge in [-0.05, 0) is 73.2 Å². The summed E-state index contributed by atoms with van der Waals surface area (Å²) in [5.41, 5.74) is 2.06.